The van der Waals surface area contributed by atoms with Gasteiger partial charge in [0.05, 0.1) is 26.9 Å². The van der Waals surface area contributed by atoms with Gasteiger partial charge >= 0.3 is 0 Å². The summed E-state index contributed by atoms with van der Waals surface area (Å²) in [7, 11) is 4.61. The Labute approximate surface area is 122 Å². The third-order valence-electron chi connectivity index (χ3n) is 2.60. The molecule has 20 heavy (non-hydrogen) atoms. The normalized spacial score (nSPS) is 10.7. The van der Waals surface area contributed by atoms with Gasteiger partial charge in [0.1, 0.15) is 16.9 Å². The molecule has 0 aliphatic carbocycles. The molecule has 0 saturated heterocycles. The van der Waals surface area contributed by atoms with Crippen LogP contribution in [0.25, 0.3) is 6.08 Å². The van der Waals surface area contributed by atoms with E-state index in [2.05, 4.69) is 0 Å². The van der Waals surface area contributed by atoms with E-state index in [4.69, 9.17) is 24.9 Å². The molecule has 0 unspecified atom stereocenters. The highest BCUT2D eigenvalue weighted by molar-refractivity contribution is 8.13. The molecule has 1 aromatic carbocycles. The van der Waals surface area contributed by atoms with E-state index in [1.165, 1.54) is 33.1 Å². The summed E-state index contributed by atoms with van der Waals surface area (Å²) in [6, 6.07) is 5.40. The van der Waals surface area contributed by atoms with E-state index in [1.807, 2.05) is 6.07 Å². The molecule has 1 rings (SSSR count). The molecule has 106 valence electrons. The number of hydrogen-bond acceptors (Lipinski definition) is 6. The fourth-order valence-electron chi connectivity index (χ4n) is 1.58. The predicted octanol–water partition coefficient (Wildman–Crippen LogP) is 2.96. The van der Waals surface area contributed by atoms with Gasteiger partial charge in [-0.05, 0) is 18.4 Å². The first-order valence-corrected chi connectivity index (χ1v) is 6.88. The van der Waals surface area contributed by atoms with E-state index in [0.717, 1.165) is 0 Å². The number of methoxy groups -OCH3 is 3. The molecule has 0 bridgehead atoms. The minimum atomic E-state index is 0.198. The van der Waals surface area contributed by atoms with Gasteiger partial charge < -0.3 is 14.2 Å². The zero-order chi connectivity index (χ0) is 15.1. The second kappa shape index (κ2) is 7.46. The number of nitrogens with one attached hydrogen (secondary N) is 1. The molecule has 0 saturated carbocycles. The van der Waals surface area contributed by atoms with Crippen molar-refractivity contribution in [3.8, 4) is 23.3 Å². The predicted molar refractivity (Wildman–Crippen MR) is 80.9 cm³/mol. The van der Waals surface area contributed by atoms with Crippen LogP contribution >= 0.6 is 11.8 Å². The van der Waals surface area contributed by atoms with Crippen LogP contribution in [0, 0.1) is 16.7 Å². The van der Waals surface area contributed by atoms with Crippen LogP contribution in [0.3, 0.4) is 0 Å². The van der Waals surface area contributed by atoms with Crippen LogP contribution in [0.2, 0.25) is 0 Å². The Bertz CT molecular complexity index is 577. The minimum absolute atomic E-state index is 0.198. The van der Waals surface area contributed by atoms with Crippen molar-refractivity contribution in [3.63, 3.8) is 0 Å². The fourth-order valence-corrected chi connectivity index (χ4v) is 1.90. The van der Waals surface area contributed by atoms with E-state index in [9.17, 15) is 0 Å². The molecule has 0 aromatic heterocycles. The molecule has 1 N–H and O–H groups in total. The van der Waals surface area contributed by atoms with E-state index >= 15 is 0 Å². The topological polar surface area (TPSA) is 75.3 Å². The van der Waals surface area contributed by atoms with E-state index in [-0.39, 0.29) is 10.6 Å². The highest BCUT2D eigenvalue weighted by Crippen LogP contribution is 2.35. The van der Waals surface area contributed by atoms with Gasteiger partial charge in [0.15, 0.2) is 11.5 Å². The van der Waals surface area contributed by atoms with Crippen molar-refractivity contribution in [1.29, 1.82) is 10.7 Å². The lowest BCUT2D eigenvalue weighted by atomic mass is 10.1. The minimum Gasteiger partial charge on any atom is -0.496 e. The van der Waals surface area contributed by atoms with E-state index < -0.39 is 0 Å². The second-order valence-electron chi connectivity index (χ2n) is 3.65. The number of benzene rings is 1. The van der Waals surface area contributed by atoms with Crippen LogP contribution in [0.5, 0.6) is 17.2 Å². The molecule has 1 aromatic rings. The smallest absolute Gasteiger partial charge is 0.164 e. The van der Waals surface area contributed by atoms with Crippen LogP contribution in [0.4, 0.5) is 0 Å². The quantitative estimate of drug-likeness (QED) is 0.513. The summed E-state index contributed by atoms with van der Waals surface area (Å²) in [6.45, 7) is 0. The molecule has 0 heterocycles. The molecule has 0 radical (unpaired) electrons. The second-order valence-corrected chi connectivity index (χ2v) is 4.47. The standard InChI is InChI=1S/C14H16N2O3S/c1-17-11-7-13(19-3)12(18-2)6-9(11)5-10(8-15)14(16)20-4/h5-7,16H,1-4H3. The van der Waals surface area contributed by atoms with Crippen molar-refractivity contribution in [2.24, 2.45) is 0 Å². The Morgan fingerprint density at radius 3 is 2.15 bits per heavy atom. The Balaban J connectivity index is 3.40. The molecule has 0 spiro atoms. The van der Waals surface area contributed by atoms with Crippen LogP contribution in [-0.4, -0.2) is 32.6 Å². The molecule has 0 amide bonds. The van der Waals surface area contributed by atoms with Crippen molar-refractivity contribution in [3.05, 3.63) is 23.3 Å². The molecule has 6 heteroatoms. The van der Waals surface area contributed by atoms with Gasteiger partial charge in [0, 0.05) is 11.6 Å². The Kier molecular flexibility index (Phi) is 5.94. The monoisotopic (exact) mass is 292 g/mol. The van der Waals surface area contributed by atoms with Gasteiger partial charge in [-0.1, -0.05) is 0 Å². The Morgan fingerprint density at radius 2 is 1.70 bits per heavy atom. The van der Waals surface area contributed by atoms with Crippen LogP contribution in [0.15, 0.2) is 17.7 Å². The molecular weight excluding hydrogens is 276 g/mol. The van der Waals surface area contributed by atoms with E-state index in [0.29, 0.717) is 22.8 Å². The fraction of sp³-hybridized carbons (Fsp3) is 0.286. The van der Waals surface area contributed by atoms with Gasteiger partial charge in [0.25, 0.3) is 0 Å². The van der Waals surface area contributed by atoms with Crippen molar-refractivity contribution >= 4 is 22.9 Å². The summed E-state index contributed by atoms with van der Waals surface area (Å²) in [6.07, 6.45) is 3.35. The van der Waals surface area contributed by atoms with Crippen molar-refractivity contribution in [2.45, 2.75) is 0 Å². The molecule has 5 nitrogen and oxygen atoms in total. The lowest BCUT2D eigenvalue weighted by Crippen LogP contribution is -1.97. The summed E-state index contributed by atoms with van der Waals surface area (Å²) in [5.74, 6) is 1.62. The zero-order valence-electron chi connectivity index (χ0n) is 11.8. The van der Waals surface area contributed by atoms with Crippen molar-refractivity contribution in [2.75, 3.05) is 27.6 Å². The average Bonchev–Trinajstić information content (AvgIpc) is 2.50. The van der Waals surface area contributed by atoms with Gasteiger partial charge in [-0.2, -0.15) is 5.26 Å². The number of nitrogens with zero attached hydrogens (tertiary/aromatic N) is 1. The van der Waals surface area contributed by atoms with Gasteiger partial charge in [-0.15, -0.1) is 11.8 Å². The number of rotatable bonds is 5. The van der Waals surface area contributed by atoms with Crippen molar-refractivity contribution in [1.82, 2.24) is 0 Å². The number of thioether (sulfide) groups is 1. The molecule has 0 aliphatic rings. The van der Waals surface area contributed by atoms with Crippen LogP contribution < -0.4 is 14.2 Å². The molecule has 0 fully saturated rings. The Hall–Kier alpha value is -2.13. The first-order valence-electron chi connectivity index (χ1n) is 5.66. The number of nitriles is 1. The first kappa shape index (κ1) is 15.9. The number of ether oxygens (including phenoxy) is 3. The van der Waals surface area contributed by atoms with Crippen molar-refractivity contribution < 1.29 is 14.2 Å². The summed E-state index contributed by atoms with van der Waals surface area (Å²) in [5.41, 5.74) is 0.920. The maximum Gasteiger partial charge on any atom is 0.164 e. The van der Waals surface area contributed by atoms with Gasteiger partial charge in [-0.25, -0.2) is 0 Å². The Morgan fingerprint density at radius 1 is 1.15 bits per heavy atom. The maximum atomic E-state index is 9.11. The third-order valence-corrected chi connectivity index (χ3v) is 3.23. The zero-order valence-corrected chi connectivity index (χ0v) is 12.6. The lowest BCUT2D eigenvalue weighted by molar-refractivity contribution is 0.348. The molecule has 0 atom stereocenters. The van der Waals surface area contributed by atoms with E-state index in [1.54, 1.807) is 24.5 Å². The highest BCUT2D eigenvalue weighted by atomic mass is 32.2. The van der Waals surface area contributed by atoms with Gasteiger partial charge in [0.2, 0.25) is 0 Å². The van der Waals surface area contributed by atoms with Gasteiger partial charge in [-0.3, -0.25) is 5.41 Å². The summed E-state index contributed by atoms with van der Waals surface area (Å²) in [4.78, 5) is 0. The molecular formula is C14H16N2O3S. The largest absolute Gasteiger partial charge is 0.496 e. The maximum absolute atomic E-state index is 9.11. The van der Waals surface area contributed by atoms with Crippen LogP contribution in [-0.2, 0) is 0 Å². The summed E-state index contributed by atoms with van der Waals surface area (Å²) >= 11 is 1.20. The van der Waals surface area contributed by atoms with Crippen LogP contribution in [0.1, 0.15) is 5.56 Å². The highest BCUT2D eigenvalue weighted by Gasteiger charge is 2.12. The number of hydrogen-bond donors (Lipinski definition) is 1. The first-order chi connectivity index (χ1) is 9.60. The summed E-state index contributed by atoms with van der Waals surface area (Å²) < 4.78 is 15.7. The SMILES string of the molecule is COc1cc(OC)c(OC)cc1C=C(C#N)C(=N)SC. The molecule has 0 aliphatic heterocycles. The summed E-state index contributed by atoms with van der Waals surface area (Å²) in [5, 5.41) is 17.0. The average molecular weight is 292 g/mol. The lowest BCUT2D eigenvalue weighted by Gasteiger charge is -2.12. The third kappa shape index (κ3) is 3.45.